The number of benzene rings is 1. The maximum atomic E-state index is 8.66. The third kappa shape index (κ3) is 61.9. The van der Waals surface area contributed by atoms with Gasteiger partial charge in [0.1, 0.15) is 0 Å². The summed E-state index contributed by atoms with van der Waals surface area (Å²) in [6.07, 6.45) is 0. The van der Waals surface area contributed by atoms with Crippen molar-refractivity contribution in [1.82, 2.24) is 0 Å². The molecule has 1 rings (SSSR count). The van der Waals surface area contributed by atoms with Gasteiger partial charge in [0, 0.05) is 0 Å². The van der Waals surface area contributed by atoms with Crippen LogP contribution in [0, 0.1) is 0 Å². The van der Waals surface area contributed by atoms with Gasteiger partial charge in [-0.1, -0.05) is 36.4 Å². The Balaban J connectivity index is -0.0000000356. The molecule has 0 saturated carbocycles. The summed E-state index contributed by atoms with van der Waals surface area (Å²) in [7, 11) is -1.61. The van der Waals surface area contributed by atoms with Crippen LogP contribution in [0.2, 0.25) is 19.6 Å². The molecule has 0 amide bonds. The van der Waals surface area contributed by atoms with Gasteiger partial charge in [0.15, 0.2) is 8.32 Å². The summed E-state index contributed by atoms with van der Waals surface area (Å²) < 4.78 is 0. The average Bonchev–Trinajstić information content (AvgIpc) is 1.88. The molecule has 1 nitrogen and oxygen atoms in total. The highest BCUT2D eigenvalue weighted by Crippen LogP contribution is 1.88. The van der Waals surface area contributed by atoms with E-state index in [-0.39, 0.29) is 18.8 Å². The largest absolute Gasteiger partial charge is 0.433 e. The fraction of sp³-hybridized carbons (Fsp3) is 0.333. The van der Waals surface area contributed by atoms with E-state index in [0.717, 1.165) is 0 Å². The Morgan fingerprint density at radius 3 is 0.733 bits per heavy atom. The van der Waals surface area contributed by atoms with E-state index >= 15 is 0 Å². The lowest BCUT2D eigenvalue weighted by atomic mass is 10.4. The fourth-order valence-electron chi connectivity index (χ4n) is 0.385. The lowest BCUT2D eigenvalue weighted by Crippen LogP contribution is -2.17. The summed E-state index contributed by atoms with van der Waals surface area (Å²) in [5, 5.41) is 0. The SMILES string of the molecule is C[Si](C)(C)O.F.F.F.F.c1ccccc1. The Bertz CT molecular complexity index is 147. The third-order valence-corrected chi connectivity index (χ3v) is 0.667. The number of hydrogen-bond donors (Lipinski definition) is 1. The summed E-state index contributed by atoms with van der Waals surface area (Å²) in [5.41, 5.74) is 0. The molecule has 1 aromatic rings. The number of hydrogen-bond acceptors (Lipinski definition) is 1. The van der Waals surface area contributed by atoms with Gasteiger partial charge in [-0.05, 0) is 19.6 Å². The van der Waals surface area contributed by atoms with Gasteiger partial charge in [0.05, 0.1) is 0 Å². The molecule has 0 aliphatic rings. The molecule has 94 valence electrons. The monoisotopic (exact) mass is 248 g/mol. The Labute approximate surface area is 88.7 Å². The van der Waals surface area contributed by atoms with Gasteiger partial charge in [0.25, 0.3) is 0 Å². The summed E-state index contributed by atoms with van der Waals surface area (Å²) in [6.45, 7) is 5.65. The van der Waals surface area contributed by atoms with Crippen LogP contribution in [-0.2, 0) is 0 Å². The van der Waals surface area contributed by atoms with Crippen LogP contribution in [0.3, 0.4) is 0 Å². The zero-order valence-corrected chi connectivity index (χ0v) is 10.0. The quantitative estimate of drug-likeness (QED) is 0.552. The van der Waals surface area contributed by atoms with E-state index in [9.17, 15) is 0 Å². The molecule has 0 saturated heterocycles. The molecule has 0 fully saturated rings. The standard InChI is InChI=1S/C6H6.C3H10OSi.4FH/c1-2-4-6-5-3-1;1-5(2,3)4;;;;/h1-6H;4H,1-3H3;4*1H. The van der Waals surface area contributed by atoms with Gasteiger partial charge in [-0.15, -0.1) is 0 Å². The second kappa shape index (κ2) is 15.6. The van der Waals surface area contributed by atoms with E-state index in [4.69, 9.17) is 4.80 Å². The molecule has 0 bridgehead atoms. The predicted octanol–water partition coefficient (Wildman–Crippen LogP) is 3.11. The second-order valence-corrected chi connectivity index (χ2v) is 7.67. The smallest absolute Gasteiger partial charge is 0.179 e. The highest BCUT2D eigenvalue weighted by molar-refractivity contribution is 6.68. The van der Waals surface area contributed by atoms with Crippen molar-refractivity contribution in [3.05, 3.63) is 36.4 Å². The van der Waals surface area contributed by atoms with Crippen LogP contribution in [0.25, 0.3) is 0 Å². The van der Waals surface area contributed by atoms with Gasteiger partial charge < -0.3 is 4.80 Å². The van der Waals surface area contributed by atoms with Gasteiger partial charge in [-0.25, -0.2) is 0 Å². The van der Waals surface area contributed by atoms with E-state index < -0.39 is 8.32 Å². The Kier molecular flexibility index (Phi) is 30.4. The van der Waals surface area contributed by atoms with Crippen molar-refractivity contribution < 1.29 is 23.6 Å². The molecule has 0 atom stereocenters. The molecule has 1 aromatic carbocycles. The molecule has 0 heterocycles. The van der Waals surface area contributed by atoms with Crippen molar-refractivity contribution in [2.75, 3.05) is 0 Å². The maximum Gasteiger partial charge on any atom is 0.179 e. The van der Waals surface area contributed by atoms with Crippen molar-refractivity contribution in [3.63, 3.8) is 0 Å². The van der Waals surface area contributed by atoms with Crippen LogP contribution in [0.1, 0.15) is 0 Å². The number of rotatable bonds is 0. The van der Waals surface area contributed by atoms with E-state index in [2.05, 4.69) is 0 Å². The Hall–Kier alpha value is -0.883. The third-order valence-electron chi connectivity index (χ3n) is 0.667. The summed E-state index contributed by atoms with van der Waals surface area (Å²) in [6, 6.07) is 12.0. The maximum absolute atomic E-state index is 8.66. The molecule has 0 spiro atoms. The van der Waals surface area contributed by atoms with Crippen molar-refractivity contribution in [1.29, 1.82) is 0 Å². The minimum absolute atomic E-state index is 0. The lowest BCUT2D eigenvalue weighted by Gasteiger charge is -2.00. The van der Waals surface area contributed by atoms with Crippen molar-refractivity contribution >= 4 is 8.32 Å². The van der Waals surface area contributed by atoms with Crippen LogP contribution in [-0.4, -0.2) is 13.1 Å². The molecular formula is C9H20F4OSi. The Morgan fingerprint density at radius 2 is 0.667 bits per heavy atom. The lowest BCUT2D eigenvalue weighted by molar-refractivity contribution is 0.561. The number of halogens is 4. The first-order chi connectivity index (χ1) is 5.00. The molecular weight excluding hydrogens is 228 g/mol. The molecule has 6 heteroatoms. The first kappa shape index (κ1) is 29.2. The van der Waals surface area contributed by atoms with E-state index in [0.29, 0.717) is 0 Å². The van der Waals surface area contributed by atoms with E-state index in [1.165, 1.54) is 0 Å². The van der Waals surface area contributed by atoms with Gasteiger partial charge in [0.2, 0.25) is 0 Å². The molecule has 0 aliphatic heterocycles. The van der Waals surface area contributed by atoms with Crippen LogP contribution in [0.15, 0.2) is 36.4 Å². The second-order valence-electron chi connectivity index (χ2n) is 3.33. The van der Waals surface area contributed by atoms with Gasteiger partial charge >= 0.3 is 0 Å². The van der Waals surface area contributed by atoms with Crippen molar-refractivity contribution in [2.45, 2.75) is 19.6 Å². The zero-order chi connectivity index (χ0) is 8.74. The van der Waals surface area contributed by atoms with Gasteiger partial charge in [-0.2, -0.15) is 0 Å². The fourth-order valence-corrected chi connectivity index (χ4v) is 0.385. The van der Waals surface area contributed by atoms with Crippen LogP contribution in [0.5, 0.6) is 0 Å². The van der Waals surface area contributed by atoms with Crippen molar-refractivity contribution in [2.24, 2.45) is 0 Å². The predicted molar refractivity (Wildman–Crippen MR) is 62.0 cm³/mol. The summed E-state index contributed by atoms with van der Waals surface area (Å²) in [4.78, 5) is 8.66. The molecule has 15 heavy (non-hydrogen) atoms. The van der Waals surface area contributed by atoms with Gasteiger partial charge in [-0.3, -0.25) is 18.8 Å². The zero-order valence-electron chi connectivity index (χ0n) is 9.04. The minimum Gasteiger partial charge on any atom is -0.433 e. The normalized spacial score (nSPS) is 7.20. The van der Waals surface area contributed by atoms with Crippen molar-refractivity contribution in [3.8, 4) is 0 Å². The highest BCUT2D eigenvalue weighted by Gasteiger charge is 2.03. The Morgan fingerprint density at radius 1 is 0.600 bits per heavy atom. The van der Waals surface area contributed by atoms with Crippen LogP contribution in [0.4, 0.5) is 18.8 Å². The minimum atomic E-state index is -1.61. The molecule has 0 aliphatic carbocycles. The molecule has 0 aromatic heterocycles. The van der Waals surface area contributed by atoms with E-state index in [1.54, 1.807) is 0 Å². The average molecular weight is 248 g/mol. The first-order valence-electron chi connectivity index (χ1n) is 3.72. The van der Waals surface area contributed by atoms with Crippen LogP contribution < -0.4 is 0 Å². The van der Waals surface area contributed by atoms with Crippen LogP contribution >= 0.6 is 0 Å². The summed E-state index contributed by atoms with van der Waals surface area (Å²) in [5.74, 6) is 0. The highest BCUT2D eigenvalue weighted by atomic mass is 28.4. The van der Waals surface area contributed by atoms with E-state index in [1.807, 2.05) is 56.0 Å². The first-order valence-corrected chi connectivity index (χ1v) is 7.17. The molecule has 0 unspecified atom stereocenters. The molecule has 1 N–H and O–H groups in total. The summed E-state index contributed by atoms with van der Waals surface area (Å²) >= 11 is 0. The topological polar surface area (TPSA) is 20.2 Å². The molecule has 0 radical (unpaired) electrons.